The maximum Gasteiger partial charge on any atom is 0.142 e. The van der Waals surface area contributed by atoms with Crippen molar-refractivity contribution in [1.29, 1.82) is 0 Å². The van der Waals surface area contributed by atoms with Gasteiger partial charge >= 0.3 is 0 Å². The predicted molar refractivity (Wildman–Crippen MR) is 60.1 cm³/mol. The van der Waals surface area contributed by atoms with E-state index in [1.165, 1.54) is 18.4 Å². The fourth-order valence-electron chi connectivity index (χ4n) is 2.43. The number of hydrogen-bond acceptors (Lipinski definition) is 1. The first-order chi connectivity index (χ1) is 6.58. The zero-order valence-electron chi connectivity index (χ0n) is 9.25. The van der Waals surface area contributed by atoms with Crippen molar-refractivity contribution >= 4 is 6.29 Å². The first kappa shape index (κ1) is 11.2. The second kappa shape index (κ2) is 4.59. The standard InChI is InChI=1S/C13H20O/c1-11-7-6-9-13(2,3)12(11)8-4-5-10-14/h4-5,10,12H,1,6-9H2,2-3H3. The molecule has 1 unspecified atom stereocenters. The van der Waals surface area contributed by atoms with Crippen LogP contribution in [0.1, 0.15) is 39.5 Å². The lowest BCUT2D eigenvalue weighted by molar-refractivity contribution is -0.104. The summed E-state index contributed by atoms with van der Waals surface area (Å²) in [7, 11) is 0. The topological polar surface area (TPSA) is 17.1 Å². The number of carbonyl (C=O) groups excluding carboxylic acids is 1. The summed E-state index contributed by atoms with van der Waals surface area (Å²) in [6.07, 6.45) is 9.06. The molecule has 1 fully saturated rings. The van der Waals surface area contributed by atoms with Gasteiger partial charge in [0.25, 0.3) is 0 Å². The molecular formula is C13H20O. The van der Waals surface area contributed by atoms with Crippen LogP contribution in [0, 0.1) is 11.3 Å². The van der Waals surface area contributed by atoms with E-state index in [0.717, 1.165) is 19.1 Å². The van der Waals surface area contributed by atoms with Gasteiger partial charge in [0.1, 0.15) is 6.29 Å². The van der Waals surface area contributed by atoms with Crippen molar-refractivity contribution < 1.29 is 4.79 Å². The zero-order valence-corrected chi connectivity index (χ0v) is 9.25. The van der Waals surface area contributed by atoms with Crippen LogP contribution < -0.4 is 0 Å². The van der Waals surface area contributed by atoms with Crippen molar-refractivity contribution in [3.8, 4) is 0 Å². The van der Waals surface area contributed by atoms with Gasteiger partial charge in [0.05, 0.1) is 0 Å². The summed E-state index contributed by atoms with van der Waals surface area (Å²) in [5, 5.41) is 0. The van der Waals surface area contributed by atoms with Gasteiger partial charge in [-0.1, -0.05) is 32.1 Å². The number of allylic oxidation sites excluding steroid dienone is 3. The minimum atomic E-state index is 0.350. The van der Waals surface area contributed by atoms with E-state index in [1.807, 2.05) is 6.08 Å². The summed E-state index contributed by atoms with van der Waals surface area (Å²) in [4.78, 5) is 10.2. The Morgan fingerprint density at radius 2 is 2.29 bits per heavy atom. The molecule has 0 amide bonds. The van der Waals surface area contributed by atoms with E-state index >= 15 is 0 Å². The number of aldehydes is 1. The highest BCUT2D eigenvalue weighted by atomic mass is 16.1. The van der Waals surface area contributed by atoms with Gasteiger partial charge in [-0.15, -0.1) is 0 Å². The molecule has 0 radical (unpaired) electrons. The Hall–Kier alpha value is -0.850. The molecule has 1 aliphatic rings. The summed E-state index contributed by atoms with van der Waals surface area (Å²) in [5.74, 6) is 0.549. The third-order valence-corrected chi connectivity index (χ3v) is 3.34. The van der Waals surface area contributed by atoms with Crippen LogP contribution in [0.5, 0.6) is 0 Å². The van der Waals surface area contributed by atoms with Gasteiger partial charge in [-0.3, -0.25) is 4.79 Å². The fourth-order valence-corrected chi connectivity index (χ4v) is 2.43. The van der Waals surface area contributed by atoms with Crippen LogP contribution in [0.4, 0.5) is 0 Å². The lowest BCUT2D eigenvalue weighted by Gasteiger charge is -2.39. The first-order valence-electron chi connectivity index (χ1n) is 5.36. The molecule has 0 aromatic rings. The summed E-state index contributed by atoms with van der Waals surface area (Å²) in [5.41, 5.74) is 1.71. The molecular weight excluding hydrogens is 172 g/mol. The smallest absolute Gasteiger partial charge is 0.142 e. The average Bonchev–Trinajstić information content (AvgIpc) is 2.09. The van der Waals surface area contributed by atoms with Crippen molar-refractivity contribution in [1.82, 2.24) is 0 Å². The summed E-state index contributed by atoms with van der Waals surface area (Å²) < 4.78 is 0. The molecule has 14 heavy (non-hydrogen) atoms. The lowest BCUT2D eigenvalue weighted by atomic mass is 9.65. The molecule has 0 aliphatic heterocycles. The van der Waals surface area contributed by atoms with E-state index in [-0.39, 0.29) is 0 Å². The van der Waals surface area contributed by atoms with E-state index in [0.29, 0.717) is 11.3 Å². The number of hydrogen-bond donors (Lipinski definition) is 0. The maximum atomic E-state index is 10.2. The molecule has 1 nitrogen and oxygen atoms in total. The van der Waals surface area contributed by atoms with E-state index in [1.54, 1.807) is 6.08 Å². The van der Waals surface area contributed by atoms with Gasteiger partial charge in [-0.25, -0.2) is 0 Å². The normalized spacial score (nSPS) is 26.7. The van der Waals surface area contributed by atoms with Crippen LogP contribution >= 0.6 is 0 Å². The molecule has 0 saturated heterocycles. The molecule has 0 heterocycles. The highest BCUT2D eigenvalue weighted by Crippen LogP contribution is 2.44. The fraction of sp³-hybridized carbons (Fsp3) is 0.615. The van der Waals surface area contributed by atoms with Gasteiger partial charge in [-0.05, 0) is 43.1 Å². The maximum absolute atomic E-state index is 10.2. The summed E-state index contributed by atoms with van der Waals surface area (Å²) >= 11 is 0. The Balaban J connectivity index is 2.65. The van der Waals surface area contributed by atoms with Crippen molar-refractivity contribution in [2.45, 2.75) is 39.5 Å². The van der Waals surface area contributed by atoms with Gasteiger partial charge < -0.3 is 0 Å². The van der Waals surface area contributed by atoms with Gasteiger partial charge in [0.15, 0.2) is 0 Å². The van der Waals surface area contributed by atoms with Crippen LogP contribution in [0.25, 0.3) is 0 Å². The highest BCUT2D eigenvalue weighted by Gasteiger charge is 2.33. The van der Waals surface area contributed by atoms with Gasteiger partial charge in [0, 0.05) is 0 Å². The van der Waals surface area contributed by atoms with Crippen LogP contribution in [-0.4, -0.2) is 6.29 Å². The monoisotopic (exact) mass is 192 g/mol. The van der Waals surface area contributed by atoms with E-state index in [4.69, 9.17) is 0 Å². The van der Waals surface area contributed by atoms with Crippen LogP contribution in [-0.2, 0) is 4.79 Å². The predicted octanol–water partition coefficient (Wildman–Crippen LogP) is 3.51. The van der Waals surface area contributed by atoms with Crippen LogP contribution in [0.15, 0.2) is 24.3 Å². The molecule has 1 rings (SSSR count). The molecule has 78 valence electrons. The highest BCUT2D eigenvalue weighted by molar-refractivity contribution is 5.64. The second-order valence-corrected chi connectivity index (χ2v) is 4.85. The van der Waals surface area contributed by atoms with Crippen molar-refractivity contribution in [2.75, 3.05) is 0 Å². The molecule has 1 heteroatoms. The van der Waals surface area contributed by atoms with Gasteiger partial charge in [0.2, 0.25) is 0 Å². The third kappa shape index (κ3) is 2.57. The minimum absolute atomic E-state index is 0.350. The lowest BCUT2D eigenvalue weighted by Crippen LogP contribution is -2.28. The SMILES string of the molecule is C=C1CCCC(C)(C)C1CC=CC=O. The summed E-state index contributed by atoms with van der Waals surface area (Å²) in [6, 6.07) is 0. The first-order valence-corrected chi connectivity index (χ1v) is 5.36. The quantitative estimate of drug-likeness (QED) is 0.380. The molecule has 0 aromatic heterocycles. The molecule has 1 saturated carbocycles. The Labute approximate surface area is 86.9 Å². The summed E-state index contributed by atoms with van der Waals surface area (Å²) in [6.45, 7) is 8.75. The van der Waals surface area contributed by atoms with Gasteiger partial charge in [-0.2, -0.15) is 0 Å². The van der Waals surface area contributed by atoms with E-state index in [2.05, 4.69) is 20.4 Å². The molecule has 1 atom stereocenters. The van der Waals surface area contributed by atoms with Crippen molar-refractivity contribution in [2.24, 2.45) is 11.3 Å². The zero-order chi connectivity index (χ0) is 10.6. The van der Waals surface area contributed by atoms with Crippen molar-refractivity contribution in [3.63, 3.8) is 0 Å². The Bertz CT molecular complexity index is 248. The minimum Gasteiger partial charge on any atom is -0.299 e. The largest absolute Gasteiger partial charge is 0.299 e. The van der Waals surface area contributed by atoms with Crippen LogP contribution in [0.3, 0.4) is 0 Å². The second-order valence-electron chi connectivity index (χ2n) is 4.85. The Morgan fingerprint density at radius 1 is 1.57 bits per heavy atom. The number of carbonyl (C=O) groups is 1. The third-order valence-electron chi connectivity index (χ3n) is 3.34. The Kier molecular flexibility index (Phi) is 3.68. The van der Waals surface area contributed by atoms with Crippen LogP contribution in [0.2, 0.25) is 0 Å². The van der Waals surface area contributed by atoms with E-state index in [9.17, 15) is 4.79 Å². The number of rotatable bonds is 3. The Morgan fingerprint density at radius 3 is 2.86 bits per heavy atom. The molecule has 0 N–H and O–H groups in total. The van der Waals surface area contributed by atoms with Crippen molar-refractivity contribution in [3.05, 3.63) is 24.3 Å². The molecule has 0 spiro atoms. The molecule has 0 bridgehead atoms. The molecule has 0 aromatic carbocycles. The average molecular weight is 192 g/mol. The molecule has 1 aliphatic carbocycles. The van der Waals surface area contributed by atoms with E-state index < -0.39 is 0 Å².